The van der Waals surface area contributed by atoms with E-state index in [1.54, 1.807) is 5.38 Å². The fourth-order valence-corrected chi connectivity index (χ4v) is 3.89. The first-order valence-corrected chi connectivity index (χ1v) is 11.6. The predicted molar refractivity (Wildman–Crippen MR) is 117 cm³/mol. The highest BCUT2D eigenvalue weighted by molar-refractivity contribution is 7.13. The van der Waals surface area contributed by atoms with Crippen molar-refractivity contribution in [3.05, 3.63) is 11.1 Å². The standard InChI is InChI=1S/C21H37N3O3S/c1-4-7-10-13-21(14-11-8-5-2,15-12-9-6-3)27-24-18(19(25)26)17-16-28-20(22)23-17/h16H,4-15H2,1-3H3,(H2,22,23)(H,25,26)/b24-18-. The van der Waals surface area contributed by atoms with Crippen LogP contribution in [0.15, 0.2) is 10.5 Å². The fourth-order valence-electron chi connectivity index (χ4n) is 3.34. The molecule has 0 bridgehead atoms. The normalized spacial score (nSPS) is 12.3. The van der Waals surface area contributed by atoms with Gasteiger partial charge in [0.15, 0.2) is 5.13 Å². The van der Waals surface area contributed by atoms with Gasteiger partial charge in [-0.3, -0.25) is 0 Å². The predicted octanol–water partition coefficient (Wildman–Crippen LogP) is 6.01. The highest BCUT2D eigenvalue weighted by Crippen LogP contribution is 2.33. The average Bonchev–Trinajstić information content (AvgIpc) is 3.08. The van der Waals surface area contributed by atoms with Crippen molar-refractivity contribution in [3.63, 3.8) is 0 Å². The van der Waals surface area contributed by atoms with E-state index in [0.717, 1.165) is 77.0 Å². The number of aliphatic carboxylic acids is 1. The molecule has 1 rings (SSSR count). The zero-order valence-electron chi connectivity index (χ0n) is 17.7. The molecule has 6 nitrogen and oxygen atoms in total. The lowest BCUT2D eigenvalue weighted by Gasteiger charge is -2.32. The summed E-state index contributed by atoms with van der Waals surface area (Å²) in [6, 6.07) is 0. The summed E-state index contributed by atoms with van der Waals surface area (Å²) in [5, 5.41) is 15.6. The number of nitrogen functional groups attached to an aromatic ring is 1. The Morgan fingerprint density at radius 2 is 1.57 bits per heavy atom. The Bertz CT molecular complexity index is 575. The summed E-state index contributed by atoms with van der Waals surface area (Å²) in [4.78, 5) is 21.9. The Hall–Kier alpha value is -1.63. The number of aromatic nitrogens is 1. The summed E-state index contributed by atoms with van der Waals surface area (Å²) in [6.07, 6.45) is 12.8. The van der Waals surface area contributed by atoms with E-state index in [1.165, 1.54) is 11.3 Å². The van der Waals surface area contributed by atoms with Gasteiger partial charge >= 0.3 is 5.97 Å². The van der Waals surface area contributed by atoms with Crippen LogP contribution in [-0.4, -0.2) is 27.4 Å². The molecule has 0 saturated heterocycles. The molecule has 0 aromatic carbocycles. The van der Waals surface area contributed by atoms with E-state index in [4.69, 9.17) is 10.6 Å². The van der Waals surface area contributed by atoms with Crippen LogP contribution in [0.1, 0.15) is 104 Å². The van der Waals surface area contributed by atoms with E-state index < -0.39 is 11.6 Å². The van der Waals surface area contributed by atoms with E-state index in [-0.39, 0.29) is 11.4 Å². The molecule has 0 radical (unpaired) electrons. The number of thiazole rings is 1. The summed E-state index contributed by atoms with van der Waals surface area (Å²) in [5.74, 6) is -1.14. The summed E-state index contributed by atoms with van der Waals surface area (Å²) in [5.41, 5.74) is 5.35. The monoisotopic (exact) mass is 411 g/mol. The molecule has 0 aliphatic heterocycles. The van der Waals surface area contributed by atoms with Crippen molar-refractivity contribution >= 4 is 28.1 Å². The van der Waals surface area contributed by atoms with Crippen molar-refractivity contribution in [2.75, 3.05) is 5.73 Å². The summed E-state index contributed by atoms with van der Waals surface area (Å²) in [6.45, 7) is 6.55. The quantitative estimate of drug-likeness (QED) is 0.197. The Balaban J connectivity index is 3.06. The van der Waals surface area contributed by atoms with Crippen LogP contribution in [0.4, 0.5) is 5.13 Å². The van der Waals surface area contributed by atoms with Crippen LogP contribution in [-0.2, 0) is 9.63 Å². The van der Waals surface area contributed by atoms with Crippen LogP contribution in [0.3, 0.4) is 0 Å². The first kappa shape index (κ1) is 24.4. The van der Waals surface area contributed by atoms with Crippen molar-refractivity contribution < 1.29 is 14.7 Å². The van der Waals surface area contributed by atoms with E-state index in [0.29, 0.717) is 5.13 Å². The highest BCUT2D eigenvalue weighted by atomic mass is 32.1. The maximum atomic E-state index is 11.7. The van der Waals surface area contributed by atoms with Crippen molar-refractivity contribution in [3.8, 4) is 0 Å². The van der Waals surface area contributed by atoms with E-state index >= 15 is 0 Å². The molecule has 160 valence electrons. The highest BCUT2D eigenvalue weighted by Gasteiger charge is 2.32. The first-order chi connectivity index (χ1) is 13.5. The molecule has 0 aliphatic rings. The van der Waals surface area contributed by atoms with Crippen LogP contribution in [0, 0.1) is 0 Å². The summed E-state index contributed by atoms with van der Waals surface area (Å²) < 4.78 is 0. The number of oxime groups is 1. The smallest absolute Gasteiger partial charge is 0.360 e. The molecule has 1 heterocycles. The third-order valence-electron chi connectivity index (χ3n) is 5.01. The molecule has 7 heteroatoms. The van der Waals surface area contributed by atoms with Gasteiger partial charge in [-0.05, 0) is 38.5 Å². The summed E-state index contributed by atoms with van der Waals surface area (Å²) in [7, 11) is 0. The molecule has 0 amide bonds. The third-order valence-corrected chi connectivity index (χ3v) is 5.68. The lowest BCUT2D eigenvalue weighted by atomic mass is 9.85. The molecular formula is C21H37N3O3S. The van der Waals surface area contributed by atoms with Gasteiger partial charge in [0.2, 0.25) is 5.71 Å². The van der Waals surface area contributed by atoms with Crippen LogP contribution >= 0.6 is 11.3 Å². The molecule has 0 fully saturated rings. The van der Waals surface area contributed by atoms with E-state index in [9.17, 15) is 9.90 Å². The zero-order chi connectivity index (χ0) is 20.8. The number of carboxylic acids is 1. The fraction of sp³-hybridized carbons (Fsp3) is 0.762. The number of unbranched alkanes of at least 4 members (excludes halogenated alkanes) is 6. The van der Waals surface area contributed by atoms with E-state index in [1.807, 2.05) is 0 Å². The Labute approximate surface area is 173 Å². The van der Waals surface area contributed by atoms with Gasteiger partial charge in [-0.15, -0.1) is 11.3 Å². The van der Waals surface area contributed by atoms with Crippen LogP contribution in [0.5, 0.6) is 0 Å². The third kappa shape index (κ3) is 8.59. The minimum absolute atomic E-state index is 0.168. The molecule has 0 saturated carbocycles. The van der Waals surface area contributed by atoms with Gasteiger partial charge < -0.3 is 15.7 Å². The maximum absolute atomic E-state index is 11.7. The number of hydrogen-bond acceptors (Lipinski definition) is 6. The Morgan fingerprint density at radius 3 is 1.93 bits per heavy atom. The second-order valence-electron chi connectivity index (χ2n) is 7.46. The summed E-state index contributed by atoms with van der Waals surface area (Å²) >= 11 is 1.20. The Morgan fingerprint density at radius 1 is 1.07 bits per heavy atom. The molecule has 28 heavy (non-hydrogen) atoms. The molecule has 1 aromatic rings. The number of nitrogens with two attached hydrogens (primary N) is 1. The lowest BCUT2D eigenvalue weighted by molar-refractivity contribution is -0.130. The van der Waals surface area contributed by atoms with Gasteiger partial charge in [0.25, 0.3) is 0 Å². The molecule has 0 unspecified atom stereocenters. The number of carbonyl (C=O) groups is 1. The number of hydrogen-bond donors (Lipinski definition) is 2. The van der Waals surface area contributed by atoms with Crippen molar-refractivity contribution in [2.45, 2.75) is 103 Å². The van der Waals surface area contributed by atoms with Crippen LogP contribution in [0.2, 0.25) is 0 Å². The maximum Gasteiger partial charge on any atom is 0.360 e. The average molecular weight is 412 g/mol. The lowest BCUT2D eigenvalue weighted by Crippen LogP contribution is -2.32. The number of rotatable bonds is 16. The van der Waals surface area contributed by atoms with Crippen LogP contribution in [0.25, 0.3) is 0 Å². The molecule has 3 N–H and O–H groups in total. The zero-order valence-corrected chi connectivity index (χ0v) is 18.5. The number of anilines is 1. The second kappa shape index (κ2) is 13.5. The molecular weight excluding hydrogens is 374 g/mol. The van der Waals surface area contributed by atoms with Gasteiger partial charge in [0.05, 0.1) is 0 Å². The minimum Gasteiger partial charge on any atom is -0.476 e. The molecule has 0 spiro atoms. The van der Waals surface area contributed by atoms with E-state index in [2.05, 4.69) is 30.9 Å². The van der Waals surface area contributed by atoms with Gasteiger partial charge in [-0.25, -0.2) is 9.78 Å². The van der Waals surface area contributed by atoms with Gasteiger partial charge in [-0.1, -0.05) is 64.5 Å². The molecule has 0 aliphatic carbocycles. The molecule has 0 atom stereocenters. The Kier molecular flexibility index (Phi) is 11.8. The van der Waals surface area contributed by atoms with Gasteiger partial charge in [0.1, 0.15) is 11.3 Å². The van der Waals surface area contributed by atoms with Crippen molar-refractivity contribution in [1.82, 2.24) is 4.98 Å². The van der Waals surface area contributed by atoms with Gasteiger partial charge in [-0.2, -0.15) is 0 Å². The first-order valence-electron chi connectivity index (χ1n) is 10.7. The van der Waals surface area contributed by atoms with Gasteiger partial charge in [0, 0.05) is 5.38 Å². The topological polar surface area (TPSA) is 97.8 Å². The number of nitrogens with zero attached hydrogens (tertiary/aromatic N) is 2. The largest absolute Gasteiger partial charge is 0.476 e. The number of carboxylic acid groups (broad SMARTS) is 1. The van der Waals surface area contributed by atoms with Crippen molar-refractivity contribution in [2.24, 2.45) is 5.16 Å². The van der Waals surface area contributed by atoms with Crippen molar-refractivity contribution in [1.29, 1.82) is 0 Å². The molecule has 1 aromatic heterocycles. The second-order valence-corrected chi connectivity index (χ2v) is 8.35. The SMILES string of the molecule is CCCCCC(CCCCC)(CCCCC)O/N=C(\C(=O)O)c1csc(N)n1. The van der Waals surface area contributed by atoms with Crippen LogP contribution < -0.4 is 5.73 Å². The minimum atomic E-state index is -1.14.